The Kier molecular flexibility index (Phi) is 6.78. The Bertz CT molecular complexity index is 1070. The molecule has 2 N–H and O–H groups in total. The number of likely N-dealkylation sites (tertiary alicyclic amines) is 1. The number of carbonyl (C=O) groups excluding carboxylic acids is 3. The van der Waals surface area contributed by atoms with E-state index in [1.54, 1.807) is 45.3 Å². The summed E-state index contributed by atoms with van der Waals surface area (Å²) in [5, 5.41) is 11.3. The summed E-state index contributed by atoms with van der Waals surface area (Å²) in [5.41, 5.74) is 2.12. The summed E-state index contributed by atoms with van der Waals surface area (Å²) in [4.78, 5) is 48.6. The van der Waals surface area contributed by atoms with E-state index < -0.39 is 23.7 Å². The van der Waals surface area contributed by atoms with Gasteiger partial charge in [0.1, 0.15) is 11.5 Å². The van der Waals surface area contributed by atoms with Crippen molar-refractivity contribution in [3.05, 3.63) is 58.2 Å². The first-order chi connectivity index (χ1) is 15.2. The number of rotatable bonds is 7. The minimum atomic E-state index is -0.766. The molecule has 1 fully saturated rings. The van der Waals surface area contributed by atoms with Crippen molar-refractivity contribution in [2.45, 2.75) is 26.8 Å². The molecular weight excluding hydrogens is 412 g/mol. The number of amides is 1. The maximum Gasteiger partial charge on any atom is 0.355 e. The molecule has 32 heavy (non-hydrogen) atoms. The van der Waals surface area contributed by atoms with E-state index in [0.717, 1.165) is 0 Å². The molecule has 1 aliphatic heterocycles. The van der Waals surface area contributed by atoms with Crippen molar-refractivity contribution >= 4 is 23.4 Å². The van der Waals surface area contributed by atoms with Gasteiger partial charge in [-0.3, -0.25) is 14.6 Å². The first-order valence-electron chi connectivity index (χ1n) is 10.4. The van der Waals surface area contributed by atoms with Crippen molar-refractivity contribution in [3.63, 3.8) is 0 Å². The fraction of sp³-hybridized carbons (Fsp3) is 0.391. The molecule has 0 aliphatic carbocycles. The third-order valence-corrected chi connectivity index (χ3v) is 5.50. The topological polar surface area (TPSA) is 116 Å². The predicted molar refractivity (Wildman–Crippen MR) is 118 cm³/mol. The molecule has 2 aromatic heterocycles. The number of pyridine rings is 1. The molecule has 0 bridgehead atoms. The lowest BCUT2D eigenvalue weighted by Crippen LogP contribution is -2.35. The Balaban J connectivity index is 2.18. The highest BCUT2D eigenvalue weighted by atomic mass is 16.5. The number of aliphatic hydroxyl groups is 1. The van der Waals surface area contributed by atoms with Gasteiger partial charge < -0.3 is 24.6 Å². The molecule has 0 radical (unpaired) electrons. The van der Waals surface area contributed by atoms with Gasteiger partial charge in [0.25, 0.3) is 11.7 Å². The largest absolute Gasteiger partial charge is 0.507 e. The van der Waals surface area contributed by atoms with Crippen molar-refractivity contribution in [3.8, 4) is 0 Å². The number of Topliss-reactive ketones (excluding diaryl/α,β-unsaturated/α-hetero) is 1. The Morgan fingerprint density at radius 1 is 1.25 bits per heavy atom. The van der Waals surface area contributed by atoms with Gasteiger partial charge in [-0.1, -0.05) is 0 Å². The molecular formula is C23H28N4O5. The van der Waals surface area contributed by atoms with Gasteiger partial charge in [0.2, 0.25) is 0 Å². The van der Waals surface area contributed by atoms with E-state index in [4.69, 9.17) is 4.74 Å². The molecule has 3 heterocycles. The zero-order valence-corrected chi connectivity index (χ0v) is 18.9. The van der Waals surface area contributed by atoms with Crippen molar-refractivity contribution in [1.82, 2.24) is 19.8 Å². The van der Waals surface area contributed by atoms with Crippen LogP contribution in [-0.2, 0) is 14.3 Å². The SMILES string of the molecule is CCOC(=O)c1[nH]c(C)c(C(O)=C2C(=O)C(=O)N(CCN(C)C)[C@H]2c2ccncc2)c1C. The van der Waals surface area contributed by atoms with Crippen LogP contribution in [0.2, 0.25) is 0 Å². The quantitative estimate of drug-likeness (QED) is 0.293. The van der Waals surface area contributed by atoms with Gasteiger partial charge in [0.15, 0.2) is 0 Å². The molecule has 170 valence electrons. The Morgan fingerprint density at radius 2 is 1.91 bits per heavy atom. The average Bonchev–Trinajstić information content (AvgIpc) is 3.19. The Hall–Kier alpha value is -3.46. The molecule has 0 saturated carbocycles. The van der Waals surface area contributed by atoms with E-state index in [9.17, 15) is 19.5 Å². The molecule has 3 rings (SSSR count). The van der Waals surface area contributed by atoms with E-state index in [0.29, 0.717) is 35.5 Å². The lowest BCUT2D eigenvalue weighted by Gasteiger charge is -2.26. The van der Waals surface area contributed by atoms with Gasteiger partial charge >= 0.3 is 5.97 Å². The highest BCUT2D eigenvalue weighted by molar-refractivity contribution is 6.46. The van der Waals surface area contributed by atoms with E-state index >= 15 is 0 Å². The second-order valence-corrected chi connectivity index (χ2v) is 7.92. The summed E-state index contributed by atoms with van der Waals surface area (Å²) in [6.45, 7) is 6.11. The molecule has 2 aromatic rings. The van der Waals surface area contributed by atoms with Crippen LogP contribution in [0.25, 0.3) is 5.76 Å². The molecule has 1 aliphatic rings. The van der Waals surface area contributed by atoms with Crippen LogP contribution in [0, 0.1) is 13.8 Å². The first-order valence-corrected chi connectivity index (χ1v) is 10.4. The number of nitrogens with one attached hydrogen (secondary N) is 1. The van der Waals surface area contributed by atoms with Gasteiger partial charge in [-0.25, -0.2) is 4.79 Å². The number of carbonyl (C=O) groups is 3. The molecule has 1 amide bonds. The number of aryl methyl sites for hydroxylation is 1. The summed E-state index contributed by atoms with van der Waals surface area (Å²) in [6, 6.07) is 2.67. The number of aromatic nitrogens is 2. The molecule has 9 heteroatoms. The molecule has 1 atom stereocenters. The number of H-pyrrole nitrogens is 1. The van der Waals surface area contributed by atoms with Crippen LogP contribution in [0.3, 0.4) is 0 Å². The Morgan fingerprint density at radius 3 is 2.50 bits per heavy atom. The number of hydrogen-bond acceptors (Lipinski definition) is 7. The standard InChI is InChI=1S/C23H28N4O5/c1-6-32-23(31)18-13(2)16(14(3)25-18)20(28)17-19(15-7-9-24-10-8-15)27(12-11-26(4)5)22(30)21(17)29/h7-10,19,25,28H,6,11-12H2,1-5H3/t19-/m0/s1. The maximum absolute atomic E-state index is 13.1. The van der Waals surface area contributed by atoms with Crippen molar-refractivity contribution in [2.24, 2.45) is 0 Å². The van der Waals surface area contributed by atoms with Crippen LogP contribution >= 0.6 is 0 Å². The summed E-state index contributed by atoms with van der Waals surface area (Å²) < 4.78 is 5.07. The van der Waals surface area contributed by atoms with Crippen LogP contribution < -0.4 is 0 Å². The van der Waals surface area contributed by atoms with Crippen molar-refractivity contribution in [1.29, 1.82) is 0 Å². The van der Waals surface area contributed by atoms with Gasteiger partial charge in [-0.05, 0) is 58.1 Å². The van der Waals surface area contributed by atoms with E-state index in [1.165, 1.54) is 4.90 Å². The second kappa shape index (κ2) is 9.35. The number of likely N-dealkylation sites (N-methyl/N-ethyl adjacent to an activating group) is 1. The minimum absolute atomic E-state index is 0.0134. The molecule has 0 spiro atoms. The summed E-state index contributed by atoms with van der Waals surface area (Å²) >= 11 is 0. The van der Waals surface area contributed by atoms with Crippen LogP contribution in [0.1, 0.15) is 45.8 Å². The van der Waals surface area contributed by atoms with E-state index in [2.05, 4.69) is 9.97 Å². The zero-order valence-electron chi connectivity index (χ0n) is 18.9. The van der Waals surface area contributed by atoms with Gasteiger partial charge in [-0.15, -0.1) is 0 Å². The monoisotopic (exact) mass is 440 g/mol. The number of ether oxygens (including phenoxy) is 1. The van der Waals surface area contributed by atoms with Crippen LogP contribution in [0.15, 0.2) is 30.1 Å². The van der Waals surface area contributed by atoms with Gasteiger partial charge in [-0.2, -0.15) is 0 Å². The first kappa shape index (κ1) is 23.2. The van der Waals surface area contributed by atoms with Crippen molar-refractivity contribution in [2.75, 3.05) is 33.8 Å². The fourth-order valence-electron chi connectivity index (χ4n) is 3.96. The maximum atomic E-state index is 13.1. The molecule has 0 unspecified atom stereocenters. The zero-order chi connectivity index (χ0) is 23.6. The average molecular weight is 441 g/mol. The van der Waals surface area contributed by atoms with Crippen LogP contribution in [0.5, 0.6) is 0 Å². The van der Waals surface area contributed by atoms with Gasteiger partial charge in [0.05, 0.1) is 18.2 Å². The highest BCUT2D eigenvalue weighted by Gasteiger charge is 2.46. The van der Waals surface area contributed by atoms with E-state index in [-0.39, 0.29) is 23.6 Å². The smallest absolute Gasteiger partial charge is 0.355 e. The molecule has 1 saturated heterocycles. The molecule has 9 nitrogen and oxygen atoms in total. The van der Waals surface area contributed by atoms with Crippen LogP contribution in [-0.4, -0.2) is 76.3 Å². The number of aliphatic hydroxyl groups excluding tert-OH is 1. The predicted octanol–water partition coefficient (Wildman–Crippen LogP) is 2.19. The highest BCUT2D eigenvalue weighted by Crippen LogP contribution is 2.40. The number of esters is 1. The third-order valence-electron chi connectivity index (χ3n) is 5.50. The van der Waals surface area contributed by atoms with E-state index in [1.807, 2.05) is 19.0 Å². The number of hydrogen-bond donors (Lipinski definition) is 2. The summed E-state index contributed by atoms with van der Waals surface area (Å²) in [6.07, 6.45) is 3.15. The number of ketones is 1. The minimum Gasteiger partial charge on any atom is -0.507 e. The molecule has 0 aromatic carbocycles. The third kappa shape index (κ3) is 4.16. The second-order valence-electron chi connectivity index (χ2n) is 7.92. The lowest BCUT2D eigenvalue weighted by molar-refractivity contribution is -0.140. The normalized spacial score (nSPS) is 17.9. The number of nitrogens with zero attached hydrogens (tertiary/aromatic N) is 3. The van der Waals surface area contributed by atoms with Crippen molar-refractivity contribution < 1.29 is 24.2 Å². The lowest BCUT2D eigenvalue weighted by atomic mass is 9.94. The summed E-state index contributed by atoms with van der Waals surface area (Å²) in [7, 11) is 3.75. The Labute approximate surface area is 186 Å². The van der Waals surface area contributed by atoms with Crippen LogP contribution in [0.4, 0.5) is 0 Å². The summed E-state index contributed by atoms with van der Waals surface area (Å²) in [5.74, 6) is -2.31. The fourth-order valence-corrected chi connectivity index (χ4v) is 3.96. The van der Waals surface area contributed by atoms with Gasteiger partial charge in [0, 0.05) is 36.7 Å². The number of aromatic amines is 1.